The van der Waals surface area contributed by atoms with Crippen LogP contribution >= 0.6 is 0 Å². The van der Waals surface area contributed by atoms with Crippen LogP contribution in [-0.2, 0) is 21.9 Å². The van der Waals surface area contributed by atoms with Gasteiger partial charge in [0.25, 0.3) is 10.0 Å². The molecule has 9 heteroatoms. The van der Waals surface area contributed by atoms with E-state index in [4.69, 9.17) is 0 Å². The predicted octanol–water partition coefficient (Wildman–Crippen LogP) is 4.96. The summed E-state index contributed by atoms with van der Waals surface area (Å²) >= 11 is 0. The van der Waals surface area contributed by atoms with Gasteiger partial charge in [0.1, 0.15) is 11.6 Å². The van der Waals surface area contributed by atoms with Crippen LogP contribution in [0.3, 0.4) is 0 Å². The van der Waals surface area contributed by atoms with Crippen LogP contribution in [0.15, 0.2) is 83.8 Å². The van der Waals surface area contributed by atoms with Gasteiger partial charge in [0, 0.05) is 17.4 Å². The Morgan fingerprint density at radius 1 is 0.972 bits per heavy atom. The fourth-order valence-corrected chi connectivity index (χ4v) is 5.92. The molecule has 4 aromatic rings. The molecule has 0 fully saturated rings. The molecule has 0 spiro atoms. The third kappa shape index (κ3) is 3.81. The van der Waals surface area contributed by atoms with Crippen molar-refractivity contribution in [2.75, 3.05) is 0 Å². The molecule has 0 saturated carbocycles. The van der Waals surface area contributed by atoms with E-state index in [-0.39, 0.29) is 22.6 Å². The maximum atomic E-state index is 14.3. The van der Waals surface area contributed by atoms with E-state index in [9.17, 15) is 27.1 Å². The average molecular weight is 507 g/mol. The first-order chi connectivity index (χ1) is 17.1. The van der Waals surface area contributed by atoms with Crippen molar-refractivity contribution in [1.82, 2.24) is 9.19 Å². The van der Waals surface area contributed by atoms with Crippen LogP contribution < -0.4 is 0 Å². The summed E-state index contributed by atoms with van der Waals surface area (Å²) in [6.07, 6.45) is 3.01. The Morgan fingerprint density at radius 3 is 2.08 bits per heavy atom. The van der Waals surface area contributed by atoms with Crippen molar-refractivity contribution >= 4 is 22.1 Å². The molecule has 0 saturated heterocycles. The van der Waals surface area contributed by atoms with Crippen LogP contribution in [0.5, 0.6) is 0 Å². The first kappa shape index (κ1) is 23.6. The van der Waals surface area contributed by atoms with Crippen molar-refractivity contribution in [3.8, 4) is 0 Å². The van der Waals surface area contributed by atoms with Gasteiger partial charge in [-0.25, -0.2) is 13.6 Å². The molecular weight excluding hydrogens is 486 g/mol. The molecule has 1 aliphatic carbocycles. The summed E-state index contributed by atoms with van der Waals surface area (Å²) in [7, 11) is -4.28. The zero-order chi connectivity index (χ0) is 25.7. The molecule has 0 atom stereocenters. The second kappa shape index (κ2) is 8.53. The van der Waals surface area contributed by atoms with Crippen LogP contribution in [0.2, 0.25) is 0 Å². The van der Waals surface area contributed by atoms with E-state index in [1.54, 1.807) is 30.3 Å². The molecule has 1 aromatic heterocycles. The number of aryl methyl sites for hydroxylation is 1. The van der Waals surface area contributed by atoms with Gasteiger partial charge in [-0.1, -0.05) is 54.1 Å². The maximum Gasteiger partial charge on any atom is 0.357 e. The van der Waals surface area contributed by atoms with Crippen LogP contribution in [-0.4, -0.2) is 28.7 Å². The van der Waals surface area contributed by atoms with Gasteiger partial charge in [-0.15, -0.1) is 5.10 Å². The Hall–Kier alpha value is -4.11. The minimum absolute atomic E-state index is 0.0630. The number of aromatic nitrogens is 2. The lowest BCUT2D eigenvalue weighted by Gasteiger charge is -2.35. The Kier molecular flexibility index (Phi) is 5.60. The molecule has 36 heavy (non-hydrogen) atoms. The van der Waals surface area contributed by atoms with Gasteiger partial charge in [0.2, 0.25) is 0 Å². The lowest BCUT2D eigenvalue weighted by Crippen LogP contribution is -2.33. The molecule has 0 amide bonds. The molecule has 5 rings (SSSR count). The van der Waals surface area contributed by atoms with Crippen LogP contribution in [0.1, 0.15) is 38.4 Å². The molecule has 0 radical (unpaired) electrons. The van der Waals surface area contributed by atoms with Crippen molar-refractivity contribution in [2.45, 2.75) is 23.7 Å². The van der Waals surface area contributed by atoms with Gasteiger partial charge in [-0.3, -0.25) is 0 Å². The van der Waals surface area contributed by atoms with Gasteiger partial charge in [0.15, 0.2) is 5.69 Å². The molecule has 1 aliphatic rings. The highest BCUT2D eigenvalue weighted by Gasteiger charge is 2.41. The van der Waals surface area contributed by atoms with Crippen molar-refractivity contribution in [2.24, 2.45) is 0 Å². The fourth-order valence-electron chi connectivity index (χ4n) is 4.59. The van der Waals surface area contributed by atoms with Gasteiger partial charge in [-0.2, -0.15) is 12.5 Å². The number of halogens is 2. The monoisotopic (exact) mass is 506 g/mol. The Morgan fingerprint density at radius 2 is 1.56 bits per heavy atom. The largest absolute Gasteiger partial charge is 0.476 e. The van der Waals surface area contributed by atoms with Crippen molar-refractivity contribution in [3.63, 3.8) is 0 Å². The highest BCUT2D eigenvalue weighted by molar-refractivity contribution is 7.89. The smallest absolute Gasteiger partial charge is 0.357 e. The SMILES string of the molecule is Cc1ccc(S(=O)(=O)n2nc(C(=O)O)c3c2CC(c2cccc(F)c2)(c2cccc(F)c2)C=C3)cc1. The first-order valence-electron chi connectivity index (χ1n) is 11.0. The van der Waals surface area contributed by atoms with Crippen LogP contribution in [0, 0.1) is 18.6 Å². The molecule has 6 nitrogen and oxygen atoms in total. The molecule has 3 aromatic carbocycles. The number of hydrogen-bond donors (Lipinski definition) is 1. The number of aromatic carboxylic acids is 1. The van der Waals surface area contributed by atoms with E-state index in [1.165, 1.54) is 54.6 Å². The molecular formula is C27H20F2N2O4S. The molecule has 182 valence electrons. The quantitative estimate of drug-likeness (QED) is 0.413. The molecule has 1 heterocycles. The fraction of sp³-hybridized carbons (Fsp3) is 0.111. The van der Waals surface area contributed by atoms with Gasteiger partial charge in [0.05, 0.1) is 10.6 Å². The van der Waals surface area contributed by atoms with Gasteiger partial charge < -0.3 is 5.11 Å². The minimum Gasteiger partial charge on any atom is -0.476 e. The standard InChI is InChI=1S/C27H20F2N2O4S/c1-17-8-10-22(11-9-17)36(34,35)31-24-16-27(18-4-2-6-20(28)14-18,19-5-3-7-21(29)15-19)13-12-23(24)25(30-31)26(32)33/h2-15H,16H2,1H3,(H,32,33). The number of carboxylic acids is 1. The summed E-state index contributed by atoms with van der Waals surface area (Å²) < 4.78 is 56.6. The average Bonchev–Trinajstić information content (AvgIpc) is 3.24. The highest BCUT2D eigenvalue weighted by Crippen LogP contribution is 2.43. The summed E-state index contributed by atoms with van der Waals surface area (Å²) in [6.45, 7) is 1.81. The van der Waals surface area contributed by atoms with Crippen molar-refractivity contribution < 1.29 is 27.1 Å². The molecule has 0 unspecified atom stereocenters. The topological polar surface area (TPSA) is 89.3 Å². The van der Waals surface area contributed by atoms with E-state index in [1.807, 2.05) is 6.92 Å². The second-order valence-corrected chi connectivity index (χ2v) is 10.4. The Bertz CT molecular complexity index is 1600. The van der Waals surface area contributed by atoms with E-state index < -0.39 is 38.7 Å². The molecule has 0 bridgehead atoms. The third-order valence-corrected chi connectivity index (χ3v) is 8.02. The number of carbonyl (C=O) groups is 1. The summed E-state index contributed by atoms with van der Waals surface area (Å²) in [5, 5.41) is 13.7. The number of rotatable bonds is 5. The van der Waals surface area contributed by atoms with Crippen LogP contribution in [0.4, 0.5) is 8.78 Å². The molecule has 1 N–H and O–H groups in total. The maximum absolute atomic E-state index is 14.3. The van der Waals surface area contributed by atoms with Crippen LogP contribution in [0.25, 0.3) is 6.08 Å². The van der Waals surface area contributed by atoms with E-state index in [0.29, 0.717) is 11.1 Å². The second-order valence-electron chi connectivity index (χ2n) is 8.68. The van der Waals surface area contributed by atoms with E-state index in [0.717, 1.165) is 9.65 Å². The first-order valence-corrected chi connectivity index (χ1v) is 12.4. The number of benzene rings is 3. The normalized spacial score (nSPS) is 14.4. The summed E-state index contributed by atoms with van der Waals surface area (Å²) in [4.78, 5) is 11.9. The summed E-state index contributed by atoms with van der Waals surface area (Å²) in [6, 6.07) is 17.6. The lowest BCUT2D eigenvalue weighted by molar-refractivity contribution is 0.0690. The predicted molar refractivity (Wildman–Crippen MR) is 129 cm³/mol. The van der Waals surface area contributed by atoms with E-state index >= 15 is 0 Å². The highest BCUT2D eigenvalue weighted by atomic mass is 32.2. The minimum atomic E-state index is -4.28. The Balaban J connectivity index is 1.78. The van der Waals surface area contributed by atoms with Crippen molar-refractivity contribution in [1.29, 1.82) is 0 Å². The van der Waals surface area contributed by atoms with Crippen molar-refractivity contribution in [3.05, 3.63) is 124 Å². The van der Waals surface area contributed by atoms with Gasteiger partial charge in [-0.05, 0) is 54.4 Å². The third-order valence-electron chi connectivity index (χ3n) is 6.40. The summed E-state index contributed by atoms with van der Waals surface area (Å²) in [5.74, 6) is -2.43. The number of fused-ring (bicyclic) bond motifs is 1. The number of nitrogens with zero attached hydrogens (tertiary/aromatic N) is 2. The van der Waals surface area contributed by atoms with Gasteiger partial charge >= 0.3 is 5.97 Å². The number of allylic oxidation sites excluding steroid dienone is 1. The zero-order valence-electron chi connectivity index (χ0n) is 19.0. The Labute approximate surface area is 206 Å². The lowest BCUT2D eigenvalue weighted by atomic mass is 9.68. The number of carboxylic acid groups (broad SMARTS) is 1. The molecule has 0 aliphatic heterocycles. The summed E-state index contributed by atoms with van der Waals surface area (Å²) in [5.41, 5.74) is 0.365. The van der Waals surface area contributed by atoms with E-state index in [2.05, 4.69) is 5.10 Å². The zero-order valence-corrected chi connectivity index (χ0v) is 19.8. The number of hydrogen-bond acceptors (Lipinski definition) is 4.